The second kappa shape index (κ2) is 6.33. The van der Waals surface area contributed by atoms with E-state index in [1.165, 1.54) is 25.7 Å². The lowest BCUT2D eigenvalue weighted by Crippen LogP contribution is -2.39. The summed E-state index contributed by atoms with van der Waals surface area (Å²) in [7, 11) is 2.03. The van der Waals surface area contributed by atoms with E-state index in [0.717, 1.165) is 17.9 Å². The molecule has 1 aliphatic carbocycles. The molecule has 100 valence electrons. The summed E-state index contributed by atoms with van der Waals surface area (Å²) in [6.45, 7) is 2.27. The van der Waals surface area contributed by atoms with Crippen LogP contribution >= 0.6 is 0 Å². The lowest BCUT2D eigenvalue weighted by atomic mass is 9.74. The lowest BCUT2D eigenvalue weighted by Gasteiger charge is -2.36. The first-order valence-corrected chi connectivity index (χ1v) is 7.15. The Hall–Kier alpha value is -0.890. The van der Waals surface area contributed by atoms with Crippen LogP contribution in [0.1, 0.15) is 38.2 Å². The van der Waals surface area contributed by atoms with E-state index >= 15 is 0 Å². The molecule has 0 saturated heterocycles. The Balaban J connectivity index is 2.07. The highest BCUT2D eigenvalue weighted by Gasteiger charge is 2.29. The van der Waals surface area contributed by atoms with Gasteiger partial charge in [-0.25, -0.2) is 4.39 Å². The van der Waals surface area contributed by atoms with Crippen molar-refractivity contribution in [1.82, 2.24) is 5.32 Å². The molecule has 0 amide bonds. The number of benzene rings is 1. The van der Waals surface area contributed by atoms with Crippen molar-refractivity contribution in [3.63, 3.8) is 0 Å². The smallest absolute Gasteiger partial charge is 0.126 e. The summed E-state index contributed by atoms with van der Waals surface area (Å²) in [6, 6.07) is 7.76. The summed E-state index contributed by atoms with van der Waals surface area (Å²) in [5.74, 6) is 1.35. The first-order chi connectivity index (χ1) is 8.74. The van der Waals surface area contributed by atoms with Crippen molar-refractivity contribution in [3.8, 4) is 0 Å². The highest BCUT2D eigenvalue weighted by molar-refractivity contribution is 5.18. The highest BCUT2D eigenvalue weighted by Crippen LogP contribution is 2.33. The first kappa shape index (κ1) is 13.5. The highest BCUT2D eigenvalue weighted by atomic mass is 19.1. The molecule has 1 saturated carbocycles. The molecule has 1 N–H and O–H groups in total. The SMILES string of the molecule is CCC1CCC(NC)C(Cc2ccccc2F)C1. The normalized spacial score (nSPS) is 28.3. The van der Waals surface area contributed by atoms with Gasteiger partial charge < -0.3 is 5.32 Å². The van der Waals surface area contributed by atoms with Gasteiger partial charge in [-0.15, -0.1) is 0 Å². The molecule has 1 aliphatic rings. The van der Waals surface area contributed by atoms with Gasteiger partial charge in [-0.05, 0) is 56.2 Å². The van der Waals surface area contributed by atoms with Crippen molar-refractivity contribution in [2.24, 2.45) is 11.8 Å². The monoisotopic (exact) mass is 249 g/mol. The number of hydrogen-bond donors (Lipinski definition) is 1. The fourth-order valence-electron chi connectivity index (χ4n) is 3.28. The van der Waals surface area contributed by atoms with Crippen molar-refractivity contribution in [2.75, 3.05) is 7.05 Å². The van der Waals surface area contributed by atoms with E-state index in [0.29, 0.717) is 12.0 Å². The third-order valence-corrected chi connectivity index (χ3v) is 4.48. The van der Waals surface area contributed by atoms with Crippen LogP contribution in [0.2, 0.25) is 0 Å². The predicted octanol–water partition coefficient (Wildman–Crippen LogP) is 3.78. The zero-order valence-electron chi connectivity index (χ0n) is 11.5. The Labute approximate surface area is 110 Å². The minimum Gasteiger partial charge on any atom is -0.317 e. The molecule has 18 heavy (non-hydrogen) atoms. The molecule has 2 rings (SSSR count). The van der Waals surface area contributed by atoms with Crippen LogP contribution in [0.25, 0.3) is 0 Å². The fourth-order valence-corrected chi connectivity index (χ4v) is 3.28. The second-order valence-electron chi connectivity index (χ2n) is 5.54. The van der Waals surface area contributed by atoms with E-state index in [1.807, 2.05) is 19.2 Å². The second-order valence-corrected chi connectivity index (χ2v) is 5.54. The quantitative estimate of drug-likeness (QED) is 0.856. The topological polar surface area (TPSA) is 12.0 Å². The maximum atomic E-state index is 13.7. The van der Waals surface area contributed by atoms with Crippen LogP contribution in [0.4, 0.5) is 4.39 Å². The Morgan fingerprint density at radius 1 is 1.28 bits per heavy atom. The Morgan fingerprint density at radius 3 is 2.72 bits per heavy atom. The van der Waals surface area contributed by atoms with Gasteiger partial charge in [0.15, 0.2) is 0 Å². The van der Waals surface area contributed by atoms with Crippen molar-refractivity contribution in [3.05, 3.63) is 35.6 Å². The lowest BCUT2D eigenvalue weighted by molar-refractivity contribution is 0.204. The molecule has 1 fully saturated rings. The predicted molar refractivity (Wildman–Crippen MR) is 74.1 cm³/mol. The van der Waals surface area contributed by atoms with Gasteiger partial charge in [0, 0.05) is 6.04 Å². The zero-order valence-corrected chi connectivity index (χ0v) is 11.5. The molecule has 3 atom stereocenters. The summed E-state index contributed by atoms with van der Waals surface area (Å²) < 4.78 is 13.7. The van der Waals surface area contributed by atoms with Gasteiger partial charge in [0.25, 0.3) is 0 Å². The standard InChI is InChI=1S/C16H24FN/c1-3-12-8-9-16(18-2)14(10-12)11-13-6-4-5-7-15(13)17/h4-7,12,14,16,18H,3,8-11H2,1-2H3. The number of halogens is 1. The van der Waals surface area contributed by atoms with E-state index in [2.05, 4.69) is 12.2 Å². The third-order valence-electron chi connectivity index (χ3n) is 4.48. The largest absolute Gasteiger partial charge is 0.317 e. The summed E-state index contributed by atoms with van der Waals surface area (Å²) in [5.41, 5.74) is 0.875. The van der Waals surface area contributed by atoms with Crippen molar-refractivity contribution < 1.29 is 4.39 Å². The molecule has 0 aromatic heterocycles. The van der Waals surface area contributed by atoms with Crippen molar-refractivity contribution in [1.29, 1.82) is 0 Å². The molecular formula is C16H24FN. The molecular weight excluding hydrogens is 225 g/mol. The summed E-state index contributed by atoms with van der Waals surface area (Å²) in [4.78, 5) is 0. The van der Waals surface area contributed by atoms with Crippen LogP contribution in [0.5, 0.6) is 0 Å². The van der Waals surface area contributed by atoms with E-state index in [4.69, 9.17) is 0 Å². The summed E-state index contributed by atoms with van der Waals surface area (Å²) in [6.07, 6.45) is 5.90. The average Bonchev–Trinajstić information content (AvgIpc) is 2.41. The van der Waals surface area contributed by atoms with Crippen molar-refractivity contribution in [2.45, 2.75) is 45.1 Å². The van der Waals surface area contributed by atoms with Gasteiger partial charge in [0.2, 0.25) is 0 Å². The maximum Gasteiger partial charge on any atom is 0.126 e. The van der Waals surface area contributed by atoms with Gasteiger partial charge >= 0.3 is 0 Å². The molecule has 1 aromatic rings. The van der Waals surface area contributed by atoms with Crippen LogP contribution in [-0.2, 0) is 6.42 Å². The summed E-state index contributed by atoms with van der Waals surface area (Å²) in [5, 5.41) is 3.42. The molecule has 3 unspecified atom stereocenters. The van der Waals surface area contributed by atoms with Gasteiger partial charge in [-0.1, -0.05) is 31.5 Å². The number of nitrogens with one attached hydrogen (secondary N) is 1. The Morgan fingerprint density at radius 2 is 2.06 bits per heavy atom. The molecule has 0 heterocycles. The molecule has 0 aliphatic heterocycles. The first-order valence-electron chi connectivity index (χ1n) is 7.15. The molecule has 1 nitrogen and oxygen atoms in total. The molecule has 0 bridgehead atoms. The van der Waals surface area contributed by atoms with Crippen LogP contribution in [0.3, 0.4) is 0 Å². The fraction of sp³-hybridized carbons (Fsp3) is 0.625. The maximum absolute atomic E-state index is 13.7. The molecule has 0 spiro atoms. The van der Waals surface area contributed by atoms with E-state index < -0.39 is 0 Å². The van der Waals surface area contributed by atoms with Crippen LogP contribution < -0.4 is 5.32 Å². The molecule has 0 radical (unpaired) electrons. The number of rotatable bonds is 4. The summed E-state index contributed by atoms with van der Waals surface area (Å²) >= 11 is 0. The van der Waals surface area contributed by atoms with Gasteiger partial charge in [0.1, 0.15) is 5.82 Å². The zero-order chi connectivity index (χ0) is 13.0. The average molecular weight is 249 g/mol. The van der Waals surface area contributed by atoms with E-state index in [1.54, 1.807) is 12.1 Å². The van der Waals surface area contributed by atoms with Gasteiger partial charge in [-0.2, -0.15) is 0 Å². The van der Waals surface area contributed by atoms with Crippen LogP contribution in [0.15, 0.2) is 24.3 Å². The van der Waals surface area contributed by atoms with Crippen LogP contribution in [-0.4, -0.2) is 13.1 Å². The van der Waals surface area contributed by atoms with E-state index in [-0.39, 0.29) is 5.82 Å². The Bertz CT molecular complexity index is 377. The van der Waals surface area contributed by atoms with Crippen LogP contribution in [0, 0.1) is 17.7 Å². The van der Waals surface area contributed by atoms with Crippen molar-refractivity contribution >= 4 is 0 Å². The minimum absolute atomic E-state index is 0.0500. The number of hydrogen-bond acceptors (Lipinski definition) is 1. The molecule has 1 aromatic carbocycles. The third kappa shape index (κ3) is 3.11. The molecule has 2 heteroatoms. The minimum atomic E-state index is -0.0500. The van der Waals surface area contributed by atoms with Gasteiger partial charge in [0.05, 0.1) is 0 Å². The van der Waals surface area contributed by atoms with E-state index in [9.17, 15) is 4.39 Å². The van der Waals surface area contributed by atoms with Gasteiger partial charge in [-0.3, -0.25) is 0 Å². The Kier molecular flexibility index (Phi) is 4.76.